The van der Waals surface area contributed by atoms with Crippen LogP contribution in [0.5, 0.6) is 0 Å². The summed E-state index contributed by atoms with van der Waals surface area (Å²) in [4.78, 5) is 15.0. The molecule has 0 aliphatic heterocycles. The fraction of sp³-hybridized carbons (Fsp3) is 0.500. The van der Waals surface area contributed by atoms with Gasteiger partial charge in [-0.05, 0) is 33.3 Å². The Labute approximate surface area is 128 Å². The van der Waals surface area contributed by atoms with E-state index in [4.69, 9.17) is 5.11 Å². The van der Waals surface area contributed by atoms with Crippen LogP contribution in [0.25, 0.3) is 0 Å². The lowest BCUT2D eigenvalue weighted by Gasteiger charge is -2.08. The van der Waals surface area contributed by atoms with Gasteiger partial charge in [0.25, 0.3) is 0 Å². The van der Waals surface area contributed by atoms with Crippen LogP contribution in [0.1, 0.15) is 23.5 Å². The Morgan fingerprint density at radius 2 is 2.05 bits per heavy atom. The van der Waals surface area contributed by atoms with Crippen molar-refractivity contribution in [2.75, 3.05) is 5.75 Å². The van der Waals surface area contributed by atoms with Crippen LogP contribution in [0, 0.1) is 20.8 Å². The quantitative estimate of drug-likeness (QED) is 0.794. The third kappa shape index (κ3) is 4.35. The van der Waals surface area contributed by atoms with Gasteiger partial charge >= 0.3 is 5.97 Å². The second kappa shape index (κ2) is 6.80. The SMILES string of the molecule is Cc1cn(CCCn2nc(C)cc2C)c(SCC(=O)O)n1. The van der Waals surface area contributed by atoms with Gasteiger partial charge in [-0.25, -0.2) is 4.98 Å². The van der Waals surface area contributed by atoms with E-state index >= 15 is 0 Å². The van der Waals surface area contributed by atoms with Crippen molar-refractivity contribution < 1.29 is 9.90 Å². The highest BCUT2D eigenvalue weighted by molar-refractivity contribution is 7.99. The highest BCUT2D eigenvalue weighted by Crippen LogP contribution is 2.18. The molecule has 2 aromatic rings. The zero-order valence-electron chi connectivity index (χ0n) is 12.5. The molecule has 1 N–H and O–H groups in total. The molecule has 2 aromatic heterocycles. The van der Waals surface area contributed by atoms with Crippen LogP contribution < -0.4 is 0 Å². The molecule has 0 saturated heterocycles. The van der Waals surface area contributed by atoms with Crippen LogP contribution in [0.15, 0.2) is 17.4 Å². The second-order valence-electron chi connectivity index (χ2n) is 5.04. The van der Waals surface area contributed by atoms with Crippen LogP contribution in [0.4, 0.5) is 0 Å². The number of hydrogen-bond acceptors (Lipinski definition) is 4. The number of rotatable bonds is 7. The summed E-state index contributed by atoms with van der Waals surface area (Å²) in [6, 6.07) is 2.06. The smallest absolute Gasteiger partial charge is 0.313 e. The van der Waals surface area contributed by atoms with E-state index in [1.165, 1.54) is 11.8 Å². The molecule has 0 aliphatic rings. The van der Waals surface area contributed by atoms with Crippen LogP contribution in [-0.2, 0) is 17.9 Å². The van der Waals surface area contributed by atoms with Gasteiger partial charge in [0.1, 0.15) is 0 Å². The van der Waals surface area contributed by atoms with Crippen molar-refractivity contribution in [1.29, 1.82) is 0 Å². The number of imidazole rings is 1. The number of aliphatic carboxylic acids is 1. The molecular weight excluding hydrogens is 288 g/mol. The van der Waals surface area contributed by atoms with Crippen molar-refractivity contribution in [2.24, 2.45) is 0 Å². The van der Waals surface area contributed by atoms with Gasteiger partial charge in [-0.3, -0.25) is 9.48 Å². The van der Waals surface area contributed by atoms with E-state index in [9.17, 15) is 4.79 Å². The molecule has 0 aromatic carbocycles. The zero-order chi connectivity index (χ0) is 15.4. The maximum Gasteiger partial charge on any atom is 0.313 e. The molecule has 0 fully saturated rings. The largest absolute Gasteiger partial charge is 0.481 e. The third-order valence-corrected chi connectivity index (χ3v) is 4.03. The second-order valence-corrected chi connectivity index (χ2v) is 5.99. The monoisotopic (exact) mass is 308 g/mol. The Morgan fingerprint density at radius 1 is 1.29 bits per heavy atom. The normalized spacial score (nSPS) is 11.0. The Kier molecular flexibility index (Phi) is 5.06. The van der Waals surface area contributed by atoms with Gasteiger partial charge in [-0.15, -0.1) is 0 Å². The number of nitrogens with zero attached hydrogens (tertiary/aromatic N) is 4. The number of aromatic nitrogens is 4. The predicted molar refractivity (Wildman–Crippen MR) is 81.6 cm³/mol. The summed E-state index contributed by atoms with van der Waals surface area (Å²) in [6.45, 7) is 7.61. The van der Waals surface area contributed by atoms with Crippen LogP contribution in [0.3, 0.4) is 0 Å². The van der Waals surface area contributed by atoms with Crippen molar-refractivity contribution in [1.82, 2.24) is 19.3 Å². The highest BCUT2D eigenvalue weighted by atomic mass is 32.2. The van der Waals surface area contributed by atoms with E-state index in [0.717, 1.165) is 41.7 Å². The fourth-order valence-corrected chi connectivity index (χ4v) is 2.99. The molecule has 7 heteroatoms. The maximum atomic E-state index is 10.7. The molecule has 21 heavy (non-hydrogen) atoms. The molecular formula is C14H20N4O2S. The summed E-state index contributed by atoms with van der Waals surface area (Å²) >= 11 is 1.26. The molecule has 0 radical (unpaired) electrons. The van der Waals surface area contributed by atoms with Crippen molar-refractivity contribution in [3.05, 3.63) is 29.3 Å². The Morgan fingerprint density at radius 3 is 2.67 bits per heavy atom. The first-order chi connectivity index (χ1) is 9.95. The summed E-state index contributed by atoms with van der Waals surface area (Å²) in [6.07, 6.45) is 2.89. The summed E-state index contributed by atoms with van der Waals surface area (Å²) < 4.78 is 4.03. The van der Waals surface area contributed by atoms with Gasteiger partial charge in [-0.2, -0.15) is 5.10 Å². The van der Waals surface area contributed by atoms with Gasteiger partial charge < -0.3 is 9.67 Å². The lowest BCUT2D eigenvalue weighted by Crippen LogP contribution is -2.08. The van der Waals surface area contributed by atoms with E-state index < -0.39 is 5.97 Å². The van der Waals surface area contributed by atoms with E-state index in [-0.39, 0.29) is 5.75 Å². The fourth-order valence-electron chi connectivity index (χ4n) is 2.22. The minimum absolute atomic E-state index is 0.0356. The molecule has 0 spiro atoms. The molecule has 0 bridgehead atoms. The van der Waals surface area contributed by atoms with E-state index in [2.05, 4.69) is 23.1 Å². The summed E-state index contributed by atoms with van der Waals surface area (Å²) in [7, 11) is 0. The first-order valence-electron chi connectivity index (χ1n) is 6.85. The number of carbonyl (C=O) groups is 1. The van der Waals surface area contributed by atoms with Gasteiger partial charge in [0.15, 0.2) is 5.16 Å². The lowest BCUT2D eigenvalue weighted by atomic mass is 10.4. The molecule has 0 amide bonds. The van der Waals surface area contributed by atoms with E-state index in [1.807, 2.05) is 29.3 Å². The molecule has 114 valence electrons. The minimum Gasteiger partial charge on any atom is -0.481 e. The topological polar surface area (TPSA) is 72.9 Å². The number of thioether (sulfide) groups is 1. The van der Waals surface area contributed by atoms with Crippen LogP contribution in [0.2, 0.25) is 0 Å². The van der Waals surface area contributed by atoms with Gasteiger partial charge in [0, 0.05) is 25.0 Å². The van der Waals surface area contributed by atoms with Crippen molar-refractivity contribution in [3.63, 3.8) is 0 Å². The van der Waals surface area contributed by atoms with Crippen LogP contribution in [-0.4, -0.2) is 36.2 Å². The van der Waals surface area contributed by atoms with E-state index in [0.29, 0.717) is 0 Å². The average Bonchev–Trinajstić information content (AvgIpc) is 2.90. The predicted octanol–water partition coefficient (Wildman–Crippen LogP) is 2.27. The van der Waals surface area contributed by atoms with Crippen LogP contribution >= 0.6 is 11.8 Å². The maximum absolute atomic E-state index is 10.7. The van der Waals surface area contributed by atoms with Gasteiger partial charge in [0.05, 0.1) is 17.1 Å². The molecule has 2 rings (SSSR count). The molecule has 6 nitrogen and oxygen atoms in total. The Bertz CT molecular complexity index is 633. The first kappa shape index (κ1) is 15.6. The molecule has 0 aliphatic carbocycles. The average molecular weight is 308 g/mol. The number of aryl methyl sites for hydroxylation is 5. The molecule has 0 saturated carbocycles. The van der Waals surface area contributed by atoms with E-state index in [1.54, 1.807) is 0 Å². The Hall–Kier alpha value is -1.76. The first-order valence-corrected chi connectivity index (χ1v) is 7.83. The van der Waals surface area contributed by atoms with Gasteiger partial charge in [-0.1, -0.05) is 11.8 Å². The molecule has 0 atom stereocenters. The van der Waals surface area contributed by atoms with Crippen molar-refractivity contribution >= 4 is 17.7 Å². The summed E-state index contributed by atoms with van der Waals surface area (Å²) in [5.74, 6) is -0.789. The lowest BCUT2D eigenvalue weighted by molar-refractivity contribution is -0.133. The van der Waals surface area contributed by atoms with Crippen molar-refractivity contribution in [2.45, 2.75) is 45.4 Å². The summed E-state index contributed by atoms with van der Waals surface area (Å²) in [5, 5.41) is 14.0. The number of carboxylic acid groups (broad SMARTS) is 1. The molecule has 0 unspecified atom stereocenters. The summed E-state index contributed by atoms with van der Waals surface area (Å²) in [5.41, 5.74) is 3.10. The minimum atomic E-state index is -0.824. The third-order valence-electron chi connectivity index (χ3n) is 3.06. The Balaban J connectivity index is 1.93. The number of hydrogen-bond donors (Lipinski definition) is 1. The van der Waals surface area contributed by atoms with Crippen molar-refractivity contribution in [3.8, 4) is 0 Å². The molecule has 2 heterocycles. The standard InChI is InChI=1S/C14H20N4O2S/c1-10-7-12(3)18(16-10)6-4-5-17-8-11(2)15-14(17)21-9-13(19)20/h7-8H,4-6,9H2,1-3H3,(H,19,20). The zero-order valence-corrected chi connectivity index (χ0v) is 13.4. The number of carboxylic acids is 1. The highest BCUT2D eigenvalue weighted by Gasteiger charge is 2.09. The van der Waals surface area contributed by atoms with Gasteiger partial charge in [0.2, 0.25) is 0 Å².